The number of halogens is 2. The predicted molar refractivity (Wildman–Crippen MR) is 62.3 cm³/mol. The van der Waals surface area contributed by atoms with E-state index in [1.54, 1.807) is 4.90 Å². The van der Waals surface area contributed by atoms with E-state index in [9.17, 15) is 0 Å². The monoisotopic (exact) mass is 299 g/mol. The Balaban J connectivity index is 0.00000128. The number of amidine groups is 1. The highest BCUT2D eigenvalue weighted by Crippen LogP contribution is 2.00. The molecule has 0 aliphatic carbocycles. The summed E-state index contributed by atoms with van der Waals surface area (Å²) in [6, 6.07) is 0. The summed E-state index contributed by atoms with van der Waals surface area (Å²) in [6.07, 6.45) is 3.96. The molecule has 0 amide bonds. The lowest BCUT2D eigenvalue weighted by molar-refractivity contribution is -0.905. The van der Waals surface area contributed by atoms with Crippen LogP contribution in [0.25, 0.3) is 0 Å². The highest BCUT2D eigenvalue weighted by molar-refractivity contribution is 8.13. The fraction of sp³-hybridized carbons (Fsp3) is 0.700. The summed E-state index contributed by atoms with van der Waals surface area (Å²) in [5.74, 6) is 1.16. The molecule has 7 heteroatoms. The molecule has 0 spiro atoms. The molecule has 2 aliphatic heterocycles. The van der Waals surface area contributed by atoms with E-state index in [2.05, 4.69) is 18.2 Å². The zero-order valence-corrected chi connectivity index (χ0v) is 12.2. The van der Waals surface area contributed by atoms with Gasteiger partial charge in [-0.3, -0.25) is 4.90 Å². The lowest BCUT2D eigenvalue weighted by atomic mass is 10.4. The van der Waals surface area contributed by atoms with E-state index >= 15 is 0 Å². The third kappa shape index (κ3) is 5.59. The Kier molecular flexibility index (Phi) is 9.31. The topological polar surface area (TPSA) is 30.5 Å². The van der Waals surface area contributed by atoms with Gasteiger partial charge in [0.25, 0.3) is 5.17 Å². The van der Waals surface area contributed by atoms with E-state index in [1.807, 2.05) is 18.0 Å². The molecule has 1 unspecified atom stereocenters. The number of hydrogen-bond donors (Lipinski definition) is 2. The van der Waals surface area contributed by atoms with Gasteiger partial charge >= 0.3 is 0 Å². The first-order valence-corrected chi connectivity index (χ1v) is 6.47. The highest BCUT2D eigenvalue weighted by Gasteiger charge is 2.17. The van der Waals surface area contributed by atoms with Crippen LogP contribution in [0.5, 0.6) is 0 Å². The Labute approximate surface area is 119 Å². The second kappa shape index (κ2) is 9.19. The van der Waals surface area contributed by atoms with Crippen LogP contribution < -0.4 is 34.6 Å². The second-order valence-electron chi connectivity index (χ2n) is 3.89. The van der Waals surface area contributed by atoms with Crippen molar-refractivity contribution in [1.82, 2.24) is 0 Å². The van der Waals surface area contributed by atoms with Gasteiger partial charge in [-0.05, 0) is 11.8 Å². The standard InChI is InChI=1S/C10H17N3OS.2ClH/c1-12-3-2-11-10(12)15-9-6-13-4-7-14-8-5-13;;/h2-3H,4-9H2,1H3;2*1H. The molecule has 100 valence electrons. The first kappa shape index (κ1) is 17.2. The van der Waals surface area contributed by atoms with Gasteiger partial charge in [0.15, 0.2) is 0 Å². The molecule has 2 heterocycles. The number of ether oxygens (including phenoxy) is 1. The average molecular weight is 300 g/mol. The molecule has 0 radical (unpaired) electrons. The number of thioether (sulfide) groups is 1. The van der Waals surface area contributed by atoms with E-state index in [1.165, 1.54) is 16.6 Å². The molecule has 2 N–H and O–H groups in total. The van der Waals surface area contributed by atoms with Crippen LogP contribution in [0.1, 0.15) is 0 Å². The minimum Gasteiger partial charge on any atom is -1.00 e. The van der Waals surface area contributed by atoms with Gasteiger partial charge in [0.2, 0.25) is 0 Å². The summed E-state index contributed by atoms with van der Waals surface area (Å²) in [7, 11) is 2.12. The van der Waals surface area contributed by atoms with Gasteiger partial charge in [0.05, 0.1) is 38.8 Å². The van der Waals surface area contributed by atoms with E-state index in [0.717, 1.165) is 32.1 Å². The van der Waals surface area contributed by atoms with Crippen molar-refractivity contribution in [2.75, 3.05) is 45.6 Å². The van der Waals surface area contributed by atoms with E-state index in [-0.39, 0.29) is 24.8 Å². The predicted octanol–water partition coefficient (Wildman–Crippen LogP) is -8.00. The third-order valence-electron chi connectivity index (χ3n) is 2.75. The van der Waals surface area contributed by atoms with Gasteiger partial charge in [-0.25, -0.2) is 0 Å². The SMILES string of the molecule is C[NH+]1C=CN=C1SCC[NH+]1CCOCC1.[Cl-].[Cl-]. The maximum Gasteiger partial charge on any atom is 0.266 e. The van der Waals surface area contributed by atoms with Gasteiger partial charge in [0.1, 0.15) is 19.3 Å². The minimum absolute atomic E-state index is 0. The molecule has 1 fully saturated rings. The van der Waals surface area contributed by atoms with Crippen LogP contribution in [0.4, 0.5) is 0 Å². The number of morpholine rings is 1. The van der Waals surface area contributed by atoms with Gasteiger partial charge in [0, 0.05) is 0 Å². The molecule has 1 atom stereocenters. The van der Waals surface area contributed by atoms with E-state index in [4.69, 9.17) is 4.74 Å². The van der Waals surface area contributed by atoms with Crippen molar-refractivity contribution < 1.29 is 39.4 Å². The molecular formula is C10H19Cl2N3OS. The number of aliphatic imine (C=N–C) groups is 1. The van der Waals surface area contributed by atoms with Gasteiger partial charge in [-0.2, -0.15) is 4.99 Å². The van der Waals surface area contributed by atoms with E-state index < -0.39 is 0 Å². The van der Waals surface area contributed by atoms with Crippen LogP contribution in [0, 0.1) is 0 Å². The summed E-state index contributed by atoms with van der Waals surface area (Å²) < 4.78 is 5.33. The van der Waals surface area contributed by atoms with Crippen LogP contribution >= 0.6 is 11.8 Å². The first-order chi connectivity index (χ1) is 7.36. The lowest BCUT2D eigenvalue weighted by Gasteiger charge is -2.23. The number of nitrogens with one attached hydrogen (secondary N) is 2. The van der Waals surface area contributed by atoms with Crippen molar-refractivity contribution in [2.24, 2.45) is 4.99 Å². The summed E-state index contributed by atoms with van der Waals surface area (Å²) >= 11 is 1.87. The number of hydrogen-bond acceptors (Lipinski definition) is 3. The summed E-state index contributed by atoms with van der Waals surface area (Å²) in [6.45, 7) is 5.39. The maximum atomic E-state index is 5.33. The quantitative estimate of drug-likeness (QED) is 0.542. The molecule has 4 nitrogen and oxygen atoms in total. The van der Waals surface area contributed by atoms with Crippen molar-refractivity contribution in [3.05, 3.63) is 12.4 Å². The number of rotatable bonds is 3. The Morgan fingerprint density at radius 2 is 2.06 bits per heavy atom. The van der Waals surface area contributed by atoms with Gasteiger partial charge < -0.3 is 34.5 Å². The summed E-state index contributed by atoms with van der Waals surface area (Å²) in [5, 5.41) is 1.20. The molecule has 0 aromatic heterocycles. The van der Waals surface area contributed by atoms with Crippen LogP contribution in [0.2, 0.25) is 0 Å². The van der Waals surface area contributed by atoms with E-state index in [0.29, 0.717) is 0 Å². The normalized spacial score (nSPS) is 23.8. The molecule has 0 saturated carbocycles. The summed E-state index contributed by atoms with van der Waals surface area (Å²) in [5.41, 5.74) is 0. The van der Waals surface area contributed by atoms with Crippen molar-refractivity contribution in [1.29, 1.82) is 0 Å². The Bertz CT molecular complexity index is 270. The van der Waals surface area contributed by atoms with Crippen LogP contribution in [0.3, 0.4) is 0 Å². The van der Waals surface area contributed by atoms with Crippen LogP contribution in [-0.4, -0.2) is 50.8 Å². The number of nitrogens with zero attached hydrogens (tertiary/aromatic N) is 1. The molecule has 0 aromatic carbocycles. The van der Waals surface area contributed by atoms with Gasteiger partial charge in [-0.1, -0.05) is 0 Å². The average Bonchev–Trinajstić information content (AvgIpc) is 2.66. The molecule has 1 saturated heterocycles. The number of quaternary nitrogens is 2. The fourth-order valence-electron chi connectivity index (χ4n) is 1.74. The van der Waals surface area contributed by atoms with Crippen LogP contribution in [-0.2, 0) is 4.74 Å². The smallest absolute Gasteiger partial charge is 0.266 e. The molecule has 0 bridgehead atoms. The molecular weight excluding hydrogens is 281 g/mol. The second-order valence-corrected chi connectivity index (χ2v) is 4.98. The molecule has 2 aliphatic rings. The van der Waals surface area contributed by atoms with Crippen molar-refractivity contribution in [3.8, 4) is 0 Å². The van der Waals surface area contributed by atoms with Crippen LogP contribution in [0.15, 0.2) is 17.4 Å². The largest absolute Gasteiger partial charge is 1.00 e. The molecule has 17 heavy (non-hydrogen) atoms. The highest BCUT2D eigenvalue weighted by atomic mass is 35.5. The first-order valence-electron chi connectivity index (χ1n) is 5.48. The minimum atomic E-state index is 0. The Morgan fingerprint density at radius 1 is 1.35 bits per heavy atom. The molecule has 2 rings (SSSR count). The third-order valence-corrected chi connectivity index (χ3v) is 3.86. The lowest BCUT2D eigenvalue weighted by Crippen LogP contribution is -3.14. The zero-order valence-electron chi connectivity index (χ0n) is 9.92. The summed E-state index contributed by atoms with van der Waals surface area (Å²) in [4.78, 5) is 7.29. The maximum absolute atomic E-state index is 5.33. The van der Waals surface area contributed by atoms with Crippen molar-refractivity contribution in [2.45, 2.75) is 0 Å². The fourth-order valence-corrected chi connectivity index (χ4v) is 2.76. The Morgan fingerprint density at radius 3 is 2.65 bits per heavy atom. The van der Waals surface area contributed by atoms with Crippen molar-refractivity contribution in [3.63, 3.8) is 0 Å². The van der Waals surface area contributed by atoms with Gasteiger partial charge in [-0.15, -0.1) is 0 Å². The van der Waals surface area contributed by atoms with Crippen molar-refractivity contribution >= 4 is 16.9 Å². The molecule has 0 aromatic rings. The Hall–Kier alpha value is 0.220. The zero-order chi connectivity index (χ0) is 10.5.